The van der Waals surface area contributed by atoms with Crippen LogP contribution >= 0.6 is 0 Å². The first-order chi connectivity index (χ1) is 9.38. The zero-order valence-electron chi connectivity index (χ0n) is 10.8. The van der Waals surface area contributed by atoms with Crippen LogP contribution in [0.5, 0.6) is 0 Å². The van der Waals surface area contributed by atoms with Crippen molar-refractivity contribution < 1.29 is 13.2 Å². The topological polar surface area (TPSA) is 89.3 Å². The number of benzene rings is 2. The molecule has 2 aromatic carbocycles. The van der Waals surface area contributed by atoms with Gasteiger partial charge in [-0.05, 0) is 31.2 Å². The summed E-state index contributed by atoms with van der Waals surface area (Å²) in [6, 6.07) is 13.0. The van der Waals surface area contributed by atoms with Crippen molar-refractivity contribution in [2.75, 3.05) is 5.32 Å². The van der Waals surface area contributed by atoms with E-state index in [0.29, 0.717) is 5.69 Å². The van der Waals surface area contributed by atoms with Crippen LogP contribution in [-0.2, 0) is 10.0 Å². The maximum absolute atomic E-state index is 12.1. The minimum Gasteiger partial charge on any atom is -0.322 e. The Labute approximate surface area is 117 Å². The van der Waals surface area contributed by atoms with Crippen LogP contribution in [0.15, 0.2) is 53.4 Å². The molecule has 0 fully saturated rings. The molecule has 0 radical (unpaired) electrons. The first kappa shape index (κ1) is 14.2. The van der Waals surface area contributed by atoms with Gasteiger partial charge in [-0.1, -0.05) is 29.8 Å². The molecule has 6 heteroatoms. The Kier molecular flexibility index (Phi) is 3.87. The maximum Gasteiger partial charge on any atom is 0.257 e. The first-order valence-electron chi connectivity index (χ1n) is 5.88. The third-order valence-electron chi connectivity index (χ3n) is 2.75. The van der Waals surface area contributed by atoms with Crippen LogP contribution in [0.4, 0.5) is 5.69 Å². The number of hydrogen-bond acceptors (Lipinski definition) is 3. The van der Waals surface area contributed by atoms with Crippen molar-refractivity contribution in [1.29, 1.82) is 0 Å². The van der Waals surface area contributed by atoms with E-state index >= 15 is 0 Å². The summed E-state index contributed by atoms with van der Waals surface area (Å²) in [7, 11) is -3.94. The highest BCUT2D eigenvalue weighted by Crippen LogP contribution is 2.16. The number of anilines is 1. The van der Waals surface area contributed by atoms with E-state index in [1.54, 1.807) is 18.2 Å². The molecular weight excluding hydrogens is 276 g/mol. The summed E-state index contributed by atoms with van der Waals surface area (Å²) in [6.45, 7) is 1.93. The lowest BCUT2D eigenvalue weighted by molar-refractivity contribution is 0.102. The summed E-state index contributed by atoms with van der Waals surface area (Å²) >= 11 is 0. The molecule has 104 valence electrons. The zero-order chi connectivity index (χ0) is 14.8. The normalized spacial score (nSPS) is 11.1. The van der Waals surface area contributed by atoms with Gasteiger partial charge >= 0.3 is 0 Å². The van der Waals surface area contributed by atoms with Gasteiger partial charge < -0.3 is 5.32 Å². The average Bonchev–Trinajstić information content (AvgIpc) is 2.40. The Hall–Kier alpha value is -2.18. The molecule has 1 amide bonds. The Morgan fingerprint density at radius 2 is 1.65 bits per heavy atom. The molecule has 0 saturated carbocycles. The van der Waals surface area contributed by atoms with E-state index in [0.717, 1.165) is 5.56 Å². The minimum atomic E-state index is -3.94. The van der Waals surface area contributed by atoms with Crippen LogP contribution in [0.3, 0.4) is 0 Å². The summed E-state index contributed by atoms with van der Waals surface area (Å²) in [4.78, 5) is 11.9. The van der Waals surface area contributed by atoms with Gasteiger partial charge in [-0.15, -0.1) is 0 Å². The molecule has 0 heterocycles. The largest absolute Gasteiger partial charge is 0.322 e. The number of amides is 1. The lowest BCUT2D eigenvalue weighted by Gasteiger charge is -2.09. The number of nitrogens with one attached hydrogen (secondary N) is 1. The lowest BCUT2D eigenvalue weighted by atomic mass is 10.2. The quantitative estimate of drug-likeness (QED) is 0.904. The second-order valence-corrected chi connectivity index (χ2v) is 5.89. The van der Waals surface area contributed by atoms with Crippen molar-refractivity contribution in [2.24, 2.45) is 5.14 Å². The number of primary sulfonamides is 1. The molecule has 0 atom stereocenters. The summed E-state index contributed by atoms with van der Waals surface area (Å²) in [5.74, 6) is -0.515. The highest BCUT2D eigenvalue weighted by Gasteiger charge is 2.18. The predicted octanol–water partition coefficient (Wildman–Crippen LogP) is 1.89. The average molecular weight is 290 g/mol. The molecule has 0 aliphatic rings. The molecule has 0 spiro atoms. The van der Waals surface area contributed by atoms with E-state index in [1.807, 2.05) is 19.1 Å². The van der Waals surface area contributed by atoms with Gasteiger partial charge in [0.25, 0.3) is 5.91 Å². The van der Waals surface area contributed by atoms with Gasteiger partial charge in [-0.25, -0.2) is 13.6 Å². The summed E-state index contributed by atoms with van der Waals surface area (Å²) < 4.78 is 22.9. The van der Waals surface area contributed by atoms with E-state index in [2.05, 4.69) is 5.32 Å². The van der Waals surface area contributed by atoms with E-state index in [-0.39, 0.29) is 10.5 Å². The van der Waals surface area contributed by atoms with E-state index in [1.165, 1.54) is 18.2 Å². The fraction of sp³-hybridized carbons (Fsp3) is 0.0714. The van der Waals surface area contributed by atoms with Crippen LogP contribution in [0, 0.1) is 6.92 Å². The number of nitrogens with two attached hydrogens (primary N) is 1. The number of aryl methyl sites for hydroxylation is 1. The van der Waals surface area contributed by atoms with Crippen molar-refractivity contribution in [3.05, 3.63) is 59.7 Å². The van der Waals surface area contributed by atoms with Gasteiger partial charge in [-0.2, -0.15) is 0 Å². The van der Waals surface area contributed by atoms with Gasteiger partial charge in [0, 0.05) is 5.69 Å². The van der Waals surface area contributed by atoms with Gasteiger partial charge in [0.05, 0.1) is 10.5 Å². The zero-order valence-corrected chi connectivity index (χ0v) is 11.6. The van der Waals surface area contributed by atoms with Crippen LogP contribution in [0.1, 0.15) is 15.9 Å². The van der Waals surface area contributed by atoms with Gasteiger partial charge in [0.2, 0.25) is 10.0 Å². The van der Waals surface area contributed by atoms with Crippen molar-refractivity contribution in [3.63, 3.8) is 0 Å². The summed E-state index contributed by atoms with van der Waals surface area (Å²) in [5, 5.41) is 7.74. The van der Waals surface area contributed by atoms with Crippen LogP contribution in [0.2, 0.25) is 0 Å². The van der Waals surface area contributed by atoms with Crippen LogP contribution < -0.4 is 10.5 Å². The number of sulfonamides is 1. The SMILES string of the molecule is Cc1ccc(NC(=O)c2ccccc2S(N)(=O)=O)cc1. The third kappa shape index (κ3) is 3.23. The second kappa shape index (κ2) is 5.44. The monoisotopic (exact) mass is 290 g/mol. The molecular formula is C14H14N2O3S. The number of hydrogen-bond donors (Lipinski definition) is 2. The molecule has 0 aliphatic heterocycles. The highest BCUT2D eigenvalue weighted by molar-refractivity contribution is 7.89. The predicted molar refractivity (Wildman–Crippen MR) is 76.9 cm³/mol. The van der Waals surface area contributed by atoms with E-state index in [9.17, 15) is 13.2 Å². The summed E-state index contributed by atoms with van der Waals surface area (Å²) in [5.41, 5.74) is 1.67. The van der Waals surface area contributed by atoms with Crippen molar-refractivity contribution >= 4 is 21.6 Å². The molecule has 0 bridgehead atoms. The number of rotatable bonds is 3. The first-order valence-corrected chi connectivity index (χ1v) is 7.42. The molecule has 3 N–H and O–H groups in total. The lowest BCUT2D eigenvalue weighted by Crippen LogP contribution is -2.20. The van der Waals surface area contributed by atoms with E-state index < -0.39 is 15.9 Å². The van der Waals surface area contributed by atoms with Crippen molar-refractivity contribution in [2.45, 2.75) is 11.8 Å². The van der Waals surface area contributed by atoms with Crippen LogP contribution in [-0.4, -0.2) is 14.3 Å². The molecule has 2 rings (SSSR count). The summed E-state index contributed by atoms with van der Waals surface area (Å²) in [6.07, 6.45) is 0. The molecule has 2 aromatic rings. The Morgan fingerprint density at radius 1 is 1.05 bits per heavy atom. The Balaban J connectivity index is 2.33. The number of carbonyl (C=O) groups is 1. The van der Waals surface area contributed by atoms with Gasteiger partial charge in [-0.3, -0.25) is 4.79 Å². The molecule has 0 saturated heterocycles. The number of carbonyl (C=O) groups excluding carboxylic acids is 1. The maximum atomic E-state index is 12.1. The second-order valence-electron chi connectivity index (χ2n) is 4.36. The third-order valence-corrected chi connectivity index (χ3v) is 3.72. The Bertz CT molecular complexity index is 737. The van der Waals surface area contributed by atoms with Crippen molar-refractivity contribution in [1.82, 2.24) is 0 Å². The molecule has 0 aliphatic carbocycles. The minimum absolute atomic E-state index is 0.0237. The molecule has 20 heavy (non-hydrogen) atoms. The van der Waals surface area contributed by atoms with E-state index in [4.69, 9.17) is 5.14 Å². The molecule has 0 unspecified atom stereocenters. The smallest absolute Gasteiger partial charge is 0.257 e. The standard InChI is InChI=1S/C14H14N2O3S/c1-10-6-8-11(9-7-10)16-14(17)12-4-2-3-5-13(12)20(15,18)19/h2-9H,1H3,(H,16,17)(H2,15,18,19). The van der Waals surface area contributed by atoms with Crippen molar-refractivity contribution in [3.8, 4) is 0 Å². The fourth-order valence-corrected chi connectivity index (χ4v) is 2.47. The molecule has 5 nitrogen and oxygen atoms in total. The molecule has 0 aromatic heterocycles. The van der Waals surface area contributed by atoms with Gasteiger partial charge in [0.1, 0.15) is 0 Å². The van der Waals surface area contributed by atoms with Crippen LogP contribution in [0.25, 0.3) is 0 Å². The van der Waals surface area contributed by atoms with Gasteiger partial charge in [0.15, 0.2) is 0 Å². The Morgan fingerprint density at radius 3 is 2.25 bits per heavy atom. The highest BCUT2D eigenvalue weighted by atomic mass is 32.2. The fourth-order valence-electron chi connectivity index (χ4n) is 1.74.